The second-order valence-electron chi connectivity index (χ2n) is 5.60. The molecule has 0 atom stereocenters. The Morgan fingerprint density at radius 1 is 1.18 bits per heavy atom. The summed E-state index contributed by atoms with van der Waals surface area (Å²) in [6.45, 7) is 10.5. The van der Waals surface area contributed by atoms with Crippen molar-refractivity contribution in [2.24, 2.45) is 0 Å². The number of alkyl halides is 1. The van der Waals surface area contributed by atoms with E-state index in [2.05, 4.69) is 40.6 Å². The van der Waals surface area contributed by atoms with Crippen LogP contribution in [0.25, 0.3) is 0 Å². The fourth-order valence-electron chi connectivity index (χ4n) is 1.82. The quantitative estimate of drug-likeness (QED) is 0.549. The molecule has 1 rings (SSSR count). The summed E-state index contributed by atoms with van der Waals surface area (Å²) in [5.41, 5.74) is 0.864. The molecule has 0 spiro atoms. The van der Waals surface area contributed by atoms with E-state index >= 15 is 0 Å². The Morgan fingerprint density at radius 2 is 1.71 bits per heavy atom. The monoisotopic (exact) mass is 258 g/mol. The zero-order chi connectivity index (χ0) is 13.1. The van der Waals surface area contributed by atoms with Crippen molar-refractivity contribution in [3.63, 3.8) is 0 Å². The summed E-state index contributed by atoms with van der Waals surface area (Å²) in [7, 11) is -0.217. The molecule has 0 aromatic rings. The van der Waals surface area contributed by atoms with Gasteiger partial charge in [0.15, 0.2) is 0 Å². The summed E-state index contributed by atoms with van der Waals surface area (Å²) in [5, 5.41) is 0. The fourth-order valence-corrected chi connectivity index (χ4v) is 1.95. The molecule has 1 fully saturated rings. The average Bonchev–Trinajstić information content (AvgIpc) is 2.42. The summed E-state index contributed by atoms with van der Waals surface area (Å²) in [4.78, 5) is 0. The van der Waals surface area contributed by atoms with Gasteiger partial charge in [-0.15, -0.1) is 11.6 Å². The van der Waals surface area contributed by atoms with Crippen LogP contribution in [0.2, 0.25) is 0 Å². The van der Waals surface area contributed by atoms with E-state index in [1.807, 2.05) is 0 Å². The van der Waals surface area contributed by atoms with E-state index in [1.54, 1.807) is 0 Å². The van der Waals surface area contributed by atoms with Crippen LogP contribution in [-0.4, -0.2) is 24.2 Å². The fraction of sp³-hybridized carbons (Fsp3) is 0.846. The molecule has 0 N–H and O–H groups in total. The topological polar surface area (TPSA) is 18.5 Å². The van der Waals surface area contributed by atoms with E-state index < -0.39 is 0 Å². The zero-order valence-corrected chi connectivity index (χ0v) is 12.4. The molecule has 0 aromatic carbocycles. The predicted molar refractivity (Wildman–Crippen MR) is 74.4 cm³/mol. The first-order chi connectivity index (χ1) is 7.82. The van der Waals surface area contributed by atoms with Gasteiger partial charge in [-0.25, -0.2) is 0 Å². The Labute approximate surface area is 111 Å². The first-order valence-corrected chi connectivity index (χ1v) is 6.97. The second-order valence-corrected chi connectivity index (χ2v) is 5.97. The summed E-state index contributed by atoms with van der Waals surface area (Å²) in [6.07, 6.45) is 3.08. The first kappa shape index (κ1) is 15.1. The maximum atomic E-state index is 5.94. The van der Waals surface area contributed by atoms with Crippen LogP contribution in [0.15, 0.2) is 11.5 Å². The van der Waals surface area contributed by atoms with Crippen LogP contribution < -0.4 is 0 Å². The van der Waals surface area contributed by atoms with E-state index in [0.717, 1.165) is 19.3 Å². The lowest BCUT2D eigenvalue weighted by Crippen LogP contribution is -2.41. The number of halogens is 1. The minimum absolute atomic E-state index is 0.217. The van der Waals surface area contributed by atoms with Gasteiger partial charge in [-0.1, -0.05) is 18.5 Å². The summed E-state index contributed by atoms with van der Waals surface area (Å²) >= 11 is 5.72. The Hall–Kier alpha value is 0.0149. The van der Waals surface area contributed by atoms with Crippen molar-refractivity contribution in [2.45, 2.75) is 65.1 Å². The molecule has 0 unspecified atom stereocenters. The zero-order valence-electron chi connectivity index (χ0n) is 11.7. The minimum Gasteiger partial charge on any atom is -0.400 e. The van der Waals surface area contributed by atoms with Gasteiger partial charge < -0.3 is 9.31 Å². The van der Waals surface area contributed by atoms with Gasteiger partial charge in [0, 0.05) is 5.88 Å². The molecular weight excluding hydrogens is 234 g/mol. The van der Waals surface area contributed by atoms with Crippen LogP contribution in [0.5, 0.6) is 0 Å². The van der Waals surface area contributed by atoms with E-state index in [0.29, 0.717) is 5.88 Å². The molecule has 1 heterocycles. The van der Waals surface area contributed by atoms with Crippen molar-refractivity contribution < 1.29 is 9.31 Å². The maximum Gasteiger partial charge on any atom is 0.487 e. The molecule has 0 saturated carbocycles. The molecule has 0 aliphatic carbocycles. The maximum absolute atomic E-state index is 5.94. The van der Waals surface area contributed by atoms with Gasteiger partial charge >= 0.3 is 7.12 Å². The van der Waals surface area contributed by atoms with E-state index in [-0.39, 0.29) is 18.3 Å². The molecule has 0 amide bonds. The van der Waals surface area contributed by atoms with Crippen LogP contribution in [0.3, 0.4) is 0 Å². The average molecular weight is 259 g/mol. The van der Waals surface area contributed by atoms with Gasteiger partial charge in [0.25, 0.3) is 0 Å². The van der Waals surface area contributed by atoms with Crippen molar-refractivity contribution in [2.75, 3.05) is 5.88 Å². The normalized spacial score (nSPS) is 23.2. The van der Waals surface area contributed by atoms with Crippen LogP contribution in [-0.2, 0) is 9.31 Å². The number of hydrogen-bond acceptors (Lipinski definition) is 2. The first-order valence-electron chi connectivity index (χ1n) is 6.43. The third kappa shape index (κ3) is 3.74. The Morgan fingerprint density at radius 3 is 2.12 bits per heavy atom. The smallest absolute Gasteiger partial charge is 0.400 e. The van der Waals surface area contributed by atoms with Gasteiger partial charge in [-0.2, -0.15) is 0 Å². The van der Waals surface area contributed by atoms with Gasteiger partial charge in [-0.05, 0) is 47.0 Å². The molecule has 0 aromatic heterocycles. The van der Waals surface area contributed by atoms with Crippen molar-refractivity contribution in [3.8, 4) is 0 Å². The Balaban J connectivity index is 2.67. The van der Waals surface area contributed by atoms with Crippen molar-refractivity contribution in [3.05, 3.63) is 11.5 Å². The predicted octanol–water partition coefficient (Wildman–Crippen LogP) is 3.97. The molecule has 98 valence electrons. The SMILES string of the molecule is CC/C(=C/B1OC(C)(C)C(C)(C)O1)CCCCl. The number of allylic oxidation sites excluding steroid dienone is 1. The van der Waals surface area contributed by atoms with Crippen molar-refractivity contribution in [1.29, 1.82) is 0 Å². The van der Waals surface area contributed by atoms with Gasteiger partial charge in [-0.3, -0.25) is 0 Å². The molecule has 0 radical (unpaired) electrons. The van der Waals surface area contributed by atoms with Gasteiger partial charge in [0.1, 0.15) is 0 Å². The lowest BCUT2D eigenvalue weighted by atomic mass is 9.85. The highest BCUT2D eigenvalue weighted by atomic mass is 35.5. The molecule has 1 aliphatic heterocycles. The van der Waals surface area contributed by atoms with Gasteiger partial charge in [0.2, 0.25) is 0 Å². The molecule has 0 bridgehead atoms. The third-order valence-corrected chi connectivity index (χ3v) is 4.00. The molecule has 2 nitrogen and oxygen atoms in total. The summed E-state index contributed by atoms with van der Waals surface area (Å²) in [6, 6.07) is 0. The molecular formula is C13H24BClO2. The largest absolute Gasteiger partial charge is 0.487 e. The van der Waals surface area contributed by atoms with Crippen LogP contribution in [0.1, 0.15) is 53.9 Å². The second kappa shape index (κ2) is 5.77. The van der Waals surface area contributed by atoms with Crippen molar-refractivity contribution >= 4 is 18.7 Å². The number of rotatable bonds is 5. The van der Waals surface area contributed by atoms with Crippen molar-refractivity contribution in [1.82, 2.24) is 0 Å². The van der Waals surface area contributed by atoms with E-state index in [1.165, 1.54) is 5.57 Å². The Bertz CT molecular complexity index is 271. The van der Waals surface area contributed by atoms with Gasteiger partial charge in [0.05, 0.1) is 11.2 Å². The molecule has 1 aliphatic rings. The highest BCUT2D eigenvalue weighted by molar-refractivity contribution is 6.51. The van der Waals surface area contributed by atoms with Crippen LogP contribution in [0.4, 0.5) is 0 Å². The third-order valence-electron chi connectivity index (χ3n) is 3.73. The summed E-state index contributed by atoms with van der Waals surface area (Å²) in [5.74, 6) is 2.82. The molecule has 17 heavy (non-hydrogen) atoms. The van der Waals surface area contributed by atoms with E-state index in [4.69, 9.17) is 20.9 Å². The lowest BCUT2D eigenvalue weighted by Gasteiger charge is -2.32. The van der Waals surface area contributed by atoms with Crippen LogP contribution in [0, 0.1) is 0 Å². The lowest BCUT2D eigenvalue weighted by molar-refractivity contribution is 0.00578. The highest BCUT2D eigenvalue weighted by Gasteiger charge is 2.50. The highest BCUT2D eigenvalue weighted by Crippen LogP contribution is 2.37. The number of hydrogen-bond donors (Lipinski definition) is 0. The molecule has 1 saturated heterocycles. The van der Waals surface area contributed by atoms with E-state index in [9.17, 15) is 0 Å². The minimum atomic E-state index is -0.250. The van der Waals surface area contributed by atoms with Crippen LogP contribution >= 0.6 is 11.6 Å². The summed E-state index contributed by atoms with van der Waals surface area (Å²) < 4.78 is 11.9. The Kier molecular flexibility index (Phi) is 5.12. The molecule has 4 heteroatoms. The standard InChI is InChI=1S/C13H24BClO2/c1-6-11(8-7-9-15)10-14-16-12(2,3)13(4,5)17-14/h10H,6-9H2,1-5H3/b11-10-.